The smallest absolute Gasteiger partial charge is 0.239 e. The van der Waals surface area contributed by atoms with Gasteiger partial charge in [-0.1, -0.05) is 31.4 Å². The number of hydrogen-bond donors (Lipinski definition) is 1. The van der Waals surface area contributed by atoms with Gasteiger partial charge < -0.3 is 19.9 Å². The van der Waals surface area contributed by atoms with Gasteiger partial charge in [-0.15, -0.1) is 11.8 Å². The molecule has 1 aliphatic carbocycles. The van der Waals surface area contributed by atoms with Crippen molar-refractivity contribution in [3.63, 3.8) is 0 Å². The summed E-state index contributed by atoms with van der Waals surface area (Å²) in [5, 5.41) is 3.16. The van der Waals surface area contributed by atoms with Crippen LogP contribution in [0.15, 0.2) is 24.3 Å². The Bertz CT molecular complexity index is 756. The summed E-state index contributed by atoms with van der Waals surface area (Å²) in [5.74, 6) is 2.11. The van der Waals surface area contributed by atoms with E-state index in [0.29, 0.717) is 11.6 Å². The largest absolute Gasteiger partial charge is 0.497 e. The number of thioether (sulfide) groups is 1. The molecule has 7 heteroatoms. The van der Waals surface area contributed by atoms with E-state index < -0.39 is 0 Å². The molecule has 0 radical (unpaired) electrons. The summed E-state index contributed by atoms with van der Waals surface area (Å²) in [4.78, 5) is 28.3. The van der Waals surface area contributed by atoms with Crippen LogP contribution in [-0.4, -0.2) is 72.6 Å². The number of piperidine rings is 1. The Kier molecular flexibility index (Phi) is 7.43. The second-order valence-corrected chi connectivity index (χ2v) is 10.2. The molecule has 0 bridgehead atoms. The van der Waals surface area contributed by atoms with Gasteiger partial charge in [-0.05, 0) is 43.4 Å². The summed E-state index contributed by atoms with van der Waals surface area (Å²) >= 11 is 1.58. The third kappa shape index (κ3) is 5.55. The highest BCUT2D eigenvalue weighted by Crippen LogP contribution is 2.41. The maximum Gasteiger partial charge on any atom is 0.239 e. The Morgan fingerprint density at radius 1 is 1.16 bits per heavy atom. The molecular formula is C24H35N3O3S. The van der Waals surface area contributed by atoms with Gasteiger partial charge in [-0.2, -0.15) is 0 Å². The monoisotopic (exact) mass is 445 g/mol. The molecule has 0 spiro atoms. The van der Waals surface area contributed by atoms with Crippen LogP contribution in [0.25, 0.3) is 0 Å². The van der Waals surface area contributed by atoms with Gasteiger partial charge >= 0.3 is 0 Å². The molecule has 1 N–H and O–H groups in total. The van der Waals surface area contributed by atoms with E-state index in [1.165, 1.54) is 37.7 Å². The first kappa shape index (κ1) is 22.5. The molecule has 2 amide bonds. The number of nitrogens with one attached hydrogen (secondary N) is 1. The van der Waals surface area contributed by atoms with E-state index >= 15 is 0 Å². The minimum atomic E-state index is -0.0173. The van der Waals surface area contributed by atoms with Crippen LogP contribution in [0.3, 0.4) is 0 Å². The lowest BCUT2D eigenvalue weighted by Crippen LogP contribution is -2.50. The molecule has 31 heavy (non-hydrogen) atoms. The van der Waals surface area contributed by atoms with Crippen molar-refractivity contribution < 1.29 is 14.3 Å². The van der Waals surface area contributed by atoms with E-state index in [1.54, 1.807) is 23.8 Å². The molecule has 1 aromatic rings. The van der Waals surface area contributed by atoms with Crippen LogP contribution in [0.2, 0.25) is 0 Å². The van der Waals surface area contributed by atoms with Crippen LogP contribution >= 0.6 is 11.8 Å². The number of rotatable bonds is 7. The number of benzene rings is 1. The highest BCUT2D eigenvalue weighted by molar-refractivity contribution is 8.00. The first-order valence-electron chi connectivity index (χ1n) is 11.6. The van der Waals surface area contributed by atoms with E-state index in [9.17, 15) is 9.59 Å². The van der Waals surface area contributed by atoms with Crippen molar-refractivity contribution in [2.75, 3.05) is 44.9 Å². The van der Waals surface area contributed by atoms with Crippen molar-refractivity contribution in [2.24, 2.45) is 0 Å². The Hall–Kier alpha value is -1.73. The molecule has 3 aliphatic rings. The Morgan fingerprint density at radius 2 is 1.87 bits per heavy atom. The van der Waals surface area contributed by atoms with Gasteiger partial charge in [-0.3, -0.25) is 9.59 Å². The molecule has 2 heterocycles. The standard InChI is InChI=1S/C24H35N3O3S/c1-30-21-7-5-19(6-8-21)24(11-3-2-4-12-24)17-26-13-9-20(10-14-26)25-22(28)15-27-18-31-16-23(27)29/h5-8,20H,2-4,9-18H2,1H3,(H,25,28). The molecule has 2 aliphatic heterocycles. The zero-order chi connectivity index (χ0) is 21.7. The van der Waals surface area contributed by atoms with Gasteiger partial charge in [0.2, 0.25) is 11.8 Å². The second-order valence-electron chi connectivity index (χ2n) is 9.26. The lowest BCUT2D eigenvalue weighted by molar-refractivity contribution is -0.132. The van der Waals surface area contributed by atoms with E-state index in [0.717, 1.165) is 38.2 Å². The third-order valence-electron chi connectivity index (χ3n) is 7.15. The molecule has 0 unspecified atom stereocenters. The topological polar surface area (TPSA) is 61.9 Å². The molecular weight excluding hydrogens is 410 g/mol. The Morgan fingerprint density at radius 3 is 2.48 bits per heavy atom. The minimum Gasteiger partial charge on any atom is -0.497 e. The molecule has 2 saturated heterocycles. The molecule has 170 valence electrons. The summed E-state index contributed by atoms with van der Waals surface area (Å²) in [7, 11) is 1.72. The van der Waals surface area contributed by atoms with Crippen molar-refractivity contribution >= 4 is 23.6 Å². The summed E-state index contributed by atoms with van der Waals surface area (Å²) in [6.07, 6.45) is 8.39. The predicted octanol–water partition coefficient (Wildman–Crippen LogP) is 3.01. The number of hydrogen-bond acceptors (Lipinski definition) is 5. The van der Waals surface area contributed by atoms with E-state index in [-0.39, 0.29) is 29.8 Å². The van der Waals surface area contributed by atoms with Crippen LogP contribution in [0.5, 0.6) is 5.75 Å². The van der Waals surface area contributed by atoms with Crippen molar-refractivity contribution in [3.8, 4) is 5.75 Å². The van der Waals surface area contributed by atoms with Crippen LogP contribution < -0.4 is 10.1 Å². The highest BCUT2D eigenvalue weighted by Gasteiger charge is 2.36. The van der Waals surface area contributed by atoms with Gasteiger partial charge in [0.25, 0.3) is 0 Å². The number of carbonyl (C=O) groups excluding carboxylic acids is 2. The van der Waals surface area contributed by atoms with E-state index in [1.807, 2.05) is 0 Å². The average molecular weight is 446 g/mol. The van der Waals surface area contributed by atoms with Crippen LogP contribution in [-0.2, 0) is 15.0 Å². The fourth-order valence-electron chi connectivity index (χ4n) is 5.36. The molecule has 3 fully saturated rings. The Labute approximate surface area is 190 Å². The van der Waals surface area contributed by atoms with Gasteiger partial charge in [0.15, 0.2) is 0 Å². The number of nitrogens with zero attached hydrogens (tertiary/aromatic N) is 2. The number of carbonyl (C=O) groups is 2. The van der Waals surface area contributed by atoms with Gasteiger partial charge in [0, 0.05) is 31.1 Å². The molecule has 1 aromatic carbocycles. The zero-order valence-corrected chi connectivity index (χ0v) is 19.4. The van der Waals surface area contributed by atoms with Crippen molar-refractivity contribution in [1.82, 2.24) is 15.1 Å². The first-order valence-corrected chi connectivity index (χ1v) is 12.8. The maximum atomic E-state index is 12.4. The second kappa shape index (κ2) is 10.3. The van der Waals surface area contributed by atoms with Crippen molar-refractivity contribution in [1.29, 1.82) is 0 Å². The molecule has 0 atom stereocenters. The normalized spacial score (nSPS) is 22.5. The number of methoxy groups -OCH3 is 1. The first-order chi connectivity index (χ1) is 15.1. The predicted molar refractivity (Wildman–Crippen MR) is 124 cm³/mol. The third-order valence-corrected chi connectivity index (χ3v) is 8.10. The molecule has 0 aromatic heterocycles. The lowest BCUT2D eigenvalue weighted by Gasteiger charge is -2.44. The van der Waals surface area contributed by atoms with Crippen molar-refractivity contribution in [3.05, 3.63) is 29.8 Å². The number of likely N-dealkylation sites (tertiary alicyclic amines) is 1. The van der Waals surface area contributed by atoms with Crippen LogP contribution in [0.4, 0.5) is 0 Å². The summed E-state index contributed by atoms with van der Waals surface area (Å²) in [6, 6.07) is 8.93. The summed E-state index contributed by atoms with van der Waals surface area (Å²) in [6.45, 7) is 3.33. The summed E-state index contributed by atoms with van der Waals surface area (Å²) in [5.41, 5.74) is 1.67. The molecule has 1 saturated carbocycles. The zero-order valence-electron chi connectivity index (χ0n) is 18.6. The van der Waals surface area contributed by atoms with Gasteiger partial charge in [0.1, 0.15) is 12.3 Å². The maximum absolute atomic E-state index is 12.4. The highest BCUT2D eigenvalue weighted by atomic mass is 32.2. The SMILES string of the molecule is COc1ccc(C2(CN3CCC(NC(=O)CN4CSCC4=O)CC3)CCCCC2)cc1. The molecule has 4 rings (SSSR count). The average Bonchev–Trinajstić information content (AvgIpc) is 3.20. The fraction of sp³-hybridized carbons (Fsp3) is 0.667. The van der Waals surface area contributed by atoms with E-state index in [4.69, 9.17) is 4.74 Å². The van der Waals surface area contributed by atoms with E-state index in [2.05, 4.69) is 34.5 Å². The fourth-order valence-corrected chi connectivity index (χ4v) is 6.27. The van der Waals surface area contributed by atoms with Gasteiger partial charge in [0.05, 0.1) is 18.7 Å². The lowest BCUT2D eigenvalue weighted by atomic mass is 9.69. The quantitative estimate of drug-likeness (QED) is 0.699. The van der Waals surface area contributed by atoms with Crippen LogP contribution in [0, 0.1) is 0 Å². The number of amides is 2. The van der Waals surface area contributed by atoms with Crippen LogP contribution in [0.1, 0.15) is 50.5 Å². The van der Waals surface area contributed by atoms with Gasteiger partial charge in [-0.25, -0.2) is 0 Å². The number of ether oxygens (including phenoxy) is 1. The molecule has 6 nitrogen and oxygen atoms in total. The minimum absolute atomic E-state index is 0.0173. The Balaban J connectivity index is 1.30. The summed E-state index contributed by atoms with van der Waals surface area (Å²) < 4.78 is 5.36. The van der Waals surface area contributed by atoms with Crippen molar-refractivity contribution in [2.45, 2.75) is 56.4 Å².